The Hall–Kier alpha value is -3.09. The van der Waals surface area contributed by atoms with E-state index in [0.717, 1.165) is 0 Å². The van der Waals surface area contributed by atoms with E-state index in [4.69, 9.17) is 4.74 Å². The molecule has 5 nitrogen and oxygen atoms in total. The van der Waals surface area contributed by atoms with Gasteiger partial charge < -0.3 is 4.74 Å². The van der Waals surface area contributed by atoms with Crippen LogP contribution in [0.5, 0.6) is 5.75 Å². The number of benzene rings is 2. The average molecular weight is 316 g/mol. The molecule has 23 heavy (non-hydrogen) atoms. The van der Waals surface area contributed by atoms with Crippen molar-refractivity contribution in [3.63, 3.8) is 0 Å². The third-order valence-electron chi connectivity index (χ3n) is 3.45. The van der Waals surface area contributed by atoms with E-state index in [-0.39, 0.29) is 22.2 Å². The Morgan fingerprint density at radius 2 is 1.83 bits per heavy atom. The Morgan fingerprint density at radius 3 is 2.43 bits per heavy atom. The zero-order valence-corrected chi connectivity index (χ0v) is 11.9. The number of hydrogen-bond donors (Lipinski definition) is 0. The summed E-state index contributed by atoms with van der Waals surface area (Å²) in [7, 11) is 1.28. The van der Waals surface area contributed by atoms with Crippen molar-refractivity contribution in [2.45, 2.75) is 0 Å². The highest BCUT2D eigenvalue weighted by Crippen LogP contribution is 2.40. The molecule has 0 N–H and O–H groups in total. The number of hydrogen-bond acceptors (Lipinski definition) is 4. The van der Waals surface area contributed by atoms with Gasteiger partial charge in [0, 0.05) is 0 Å². The Balaban J connectivity index is 2.54. The van der Waals surface area contributed by atoms with Gasteiger partial charge in [-0.25, -0.2) is 9.37 Å². The average Bonchev–Trinajstić information content (AvgIpc) is 2.54. The van der Waals surface area contributed by atoms with Gasteiger partial charge in [0.1, 0.15) is 0 Å². The first-order valence-corrected chi connectivity index (χ1v) is 6.60. The molecule has 0 saturated carbocycles. The summed E-state index contributed by atoms with van der Waals surface area (Å²) >= 11 is 0. The molecule has 0 amide bonds. The molecule has 1 heterocycles. The number of fused-ring (bicyclic) bond motifs is 1. The fourth-order valence-corrected chi connectivity index (χ4v) is 2.47. The normalized spacial score (nSPS) is 10.7. The SMILES string of the molecule is COc1ccc2nc(F)c([N+](=O)[O-])c(-c3ccccc3)c2c1F. The zero-order chi connectivity index (χ0) is 16.6. The Morgan fingerprint density at radius 1 is 1.13 bits per heavy atom. The van der Waals surface area contributed by atoms with Crippen molar-refractivity contribution in [3.8, 4) is 16.9 Å². The third kappa shape index (κ3) is 2.36. The number of methoxy groups -OCH3 is 1. The second-order valence-corrected chi connectivity index (χ2v) is 4.73. The summed E-state index contributed by atoms with van der Waals surface area (Å²) in [5, 5.41) is 11.1. The monoisotopic (exact) mass is 316 g/mol. The van der Waals surface area contributed by atoms with Gasteiger partial charge in [-0.1, -0.05) is 30.3 Å². The van der Waals surface area contributed by atoms with Crippen LogP contribution in [0.1, 0.15) is 0 Å². The maximum absolute atomic E-state index is 14.7. The van der Waals surface area contributed by atoms with Crippen LogP contribution in [0.15, 0.2) is 42.5 Å². The first-order chi connectivity index (χ1) is 11.0. The van der Waals surface area contributed by atoms with E-state index in [1.54, 1.807) is 30.3 Å². The van der Waals surface area contributed by atoms with Gasteiger partial charge in [0.25, 0.3) is 5.95 Å². The summed E-state index contributed by atoms with van der Waals surface area (Å²) in [5.74, 6) is -2.18. The van der Waals surface area contributed by atoms with Crippen molar-refractivity contribution < 1.29 is 18.4 Å². The fourth-order valence-electron chi connectivity index (χ4n) is 2.47. The Bertz CT molecular complexity index is 914. The molecular formula is C16H10F2N2O3. The lowest BCUT2D eigenvalue weighted by atomic mass is 9.99. The van der Waals surface area contributed by atoms with Gasteiger partial charge >= 0.3 is 5.69 Å². The van der Waals surface area contributed by atoms with Gasteiger partial charge in [-0.2, -0.15) is 4.39 Å². The van der Waals surface area contributed by atoms with E-state index in [9.17, 15) is 18.9 Å². The van der Waals surface area contributed by atoms with Crippen LogP contribution in [-0.4, -0.2) is 17.0 Å². The van der Waals surface area contributed by atoms with Crippen molar-refractivity contribution in [1.29, 1.82) is 0 Å². The molecule has 7 heteroatoms. The highest BCUT2D eigenvalue weighted by molar-refractivity contribution is 6.00. The molecule has 0 radical (unpaired) electrons. The van der Waals surface area contributed by atoms with Gasteiger partial charge in [-0.05, 0) is 17.7 Å². The molecule has 0 spiro atoms. The molecule has 0 unspecified atom stereocenters. The van der Waals surface area contributed by atoms with Crippen LogP contribution in [0.3, 0.4) is 0 Å². The van der Waals surface area contributed by atoms with Gasteiger partial charge in [0.15, 0.2) is 11.6 Å². The first kappa shape index (κ1) is 14.8. The van der Waals surface area contributed by atoms with Crippen molar-refractivity contribution in [2.75, 3.05) is 7.11 Å². The topological polar surface area (TPSA) is 65.3 Å². The summed E-state index contributed by atoms with van der Waals surface area (Å²) in [5.41, 5.74) is -0.728. The maximum atomic E-state index is 14.7. The standard InChI is InChI=1S/C16H10F2N2O3/c1-23-11-8-7-10-13(14(11)17)12(9-5-3-2-4-6-9)15(20(21)22)16(18)19-10/h2-8H,1H3. The summed E-state index contributed by atoms with van der Waals surface area (Å²) in [6.07, 6.45) is 0. The summed E-state index contributed by atoms with van der Waals surface area (Å²) in [6.45, 7) is 0. The van der Waals surface area contributed by atoms with Crippen LogP contribution in [0, 0.1) is 21.9 Å². The van der Waals surface area contributed by atoms with Gasteiger partial charge in [0.05, 0.1) is 28.5 Å². The Kier molecular flexibility index (Phi) is 3.61. The molecular weight excluding hydrogens is 306 g/mol. The van der Waals surface area contributed by atoms with E-state index in [2.05, 4.69) is 4.98 Å². The molecule has 0 bridgehead atoms. The van der Waals surface area contributed by atoms with E-state index in [0.29, 0.717) is 5.56 Å². The van der Waals surface area contributed by atoms with Gasteiger partial charge in [0.2, 0.25) is 0 Å². The molecule has 2 aromatic carbocycles. The van der Waals surface area contributed by atoms with Crippen LogP contribution < -0.4 is 4.74 Å². The number of pyridine rings is 1. The predicted molar refractivity (Wildman–Crippen MR) is 80.3 cm³/mol. The minimum atomic E-state index is -1.26. The fraction of sp³-hybridized carbons (Fsp3) is 0.0625. The molecule has 3 rings (SSSR count). The van der Waals surface area contributed by atoms with Crippen LogP contribution in [0.2, 0.25) is 0 Å². The number of nitrogens with zero attached hydrogens (tertiary/aromatic N) is 2. The van der Waals surface area contributed by atoms with Crippen LogP contribution in [-0.2, 0) is 0 Å². The van der Waals surface area contributed by atoms with Crippen molar-refractivity contribution in [1.82, 2.24) is 4.98 Å². The molecule has 0 aliphatic heterocycles. The first-order valence-electron chi connectivity index (χ1n) is 6.60. The van der Waals surface area contributed by atoms with Crippen LogP contribution >= 0.6 is 0 Å². The summed E-state index contributed by atoms with van der Waals surface area (Å²) in [6, 6.07) is 10.7. The van der Waals surface area contributed by atoms with Crippen LogP contribution in [0.25, 0.3) is 22.0 Å². The molecule has 0 fully saturated rings. The molecule has 3 aromatic rings. The second-order valence-electron chi connectivity index (χ2n) is 4.73. The quantitative estimate of drug-likeness (QED) is 0.414. The van der Waals surface area contributed by atoms with Gasteiger partial charge in [-0.15, -0.1) is 0 Å². The minimum absolute atomic E-state index is 0.0229. The smallest absolute Gasteiger partial charge is 0.332 e. The lowest BCUT2D eigenvalue weighted by Crippen LogP contribution is -2.02. The Labute approximate surface area is 129 Å². The molecule has 0 saturated heterocycles. The largest absolute Gasteiger partial charge is 0.494 e. The van der Waals surface area contributed by atoms with Crippen molar-refractivity contribution in [3.05, 3.63) is 64.3 Å². The number of nitro groups is 1. The number of rotatable bonds is 3. The lowest BCUT2D eigenvalue weighted by Gasteiger charge is -2.11. The van der Waals surface area contributed by atoms with E-state index in [1.165, 1.54) is 19.2 Å². The van der Waals surface area contributed by atoms with Gasteiger partial charge in [-0.3, -0.25) is 10.1 Å². The number of aromatic nitrogens is 1. The zero-order valence-electron chi connectivity index (χ0n) is 11.9. The molecule has 0 aliphatic rings. The van der Waals surface area contributed by atoms with Crippen molar-refractivity contribution >= 4 is 16.6 Å². The van der Waals surface area contributed by atoms with Crippen molar-refractivity contribution in [2.24, 2.45) is 0 Å². The summed E-state index contributed by atoms with van der Waals surface area (Å²) in [4.78, 5) is 13.9. The molecule has 0 atom stereocenters. The highest BCUT2D eigenvalue weighted by Gasteiger charge is 2.28. The second kappa shape index (κ2) is 5.60. The molecule has 116 valence electrons. The van der Waals surface area contributed by atoms with E-state index >= 15 is 0 Å². The molecule has 1 aromatic heterocycles. The summed E-state index contributed by atoms with van der Waals surface area (Å²) < 4.78 is 33.7. The maximum Gasteiger partial charge on any atom is 0.332 e. The van der Waals surface area contributed by atoms with E-state index in [1.807, 2.05) is 0 Å². The van der Waals surface area contributed by atoms with E-state index < -0.39 is 22.4 Å². The highest BCUT2D eigenvalue weighted by atomic mass is 19.1. The number of ether oxygens (including phenoxy) is 1. The number of halogens is 2. The lowest BCUT2D eigenvalue weighted by molar-refractivity contribution is -0.387. The molecule has 0 aliphatic carbocycles. The van der Waals surface area contributed by atoms with Crippen LogP contribution in [0.4, 0.5) is 14.5 Å². The predicted octanol–water partition coefficient (Wildman–Crippen LogP) is 4.10. The minimum Gasteiger partial charge on any atom is -0.494 e. The third-order valence-corrected chi connectivity index (χ3v) is 3.45.